The Morgan fingerprint density at radius 2 is 0.825 bits per heavy atom. The fourth-order valence-electron chi connectivity index (χ4n) is 10.2. The maximum absolute atomic E-state index is 2.54. The molecule has 0 fully saturated rings. The van der Waals surface area contributed by atoms with Crippen molar-refractivity contribution < 1.29 is 0 Å². The number of hydrogen-bond donors (Lipinski definition) is 0. The molecule has 0 saturated heterocycles. The maximum atomic E-state index is 2.54. The average molecular weight is 857 g/mol. The summed E-state index contributed by atoms with van der Waals surface area (Å²) in [6, 6.07) is 63.1. The molecular formula is C61H68Si2. The minimum absolute atomic E-state index is 0.0719. The van der Waals surface area contributed by atoms with Crippen LogP contribution in [-0.4, -0.2) is 16.1 Å². The van der Waals surface area contributed by atoms with Crippen molar-refractivity contribution in [3.63, 3.8) is 0 Å². The molecule has 0 nitrogen and oxygen atoms in total. The Balaban J connectivity index is 0.000000206. The van der Waals surface area contributed by atoms with Crippen molar-refractivity contribution in [1.82, 2.24) is 0 Å². The summed E-state index contributed by atoms with van der Waals surface area (Å²) in [7, 11) is -3.97. The summed E-state index contributed by atoms with van der Waals surface area (Å²) in [5.74, 6) is 1.25. The quantitative estimate of drug-likeness (QED) is 0.107. The van der Waals surface area contributed by atoms with Crippen molar-refractivity contribution in [3.8, 4) is 11.1 Å². The van der Waals surface area contributed by atoms with Gasteiger partial charge in [-0.3, -0.25) is 0 Å². The molecule has 0 radical (unpaired) electrons. The highest BCUT2D eigenvalue weighted by atomic mass is 28.3. The van der Waals surface area contributed by atoms with Crippen LogP contribution in [0.2, 0.25) is 13.1 Å². The molecule has 0 N–H and O–H groups in total. The summed E-state index contributed by atoms with van der Waals surface area (Å²) in [5, 5.41) is 5.78. The highest BCUT2D eigenvalue weighted by Crippen LogP contribution is 2.55. The van der Waals surface area contributed by atoms with Crippen molar-refractivity contribution in [2.24, 2.45) is 11.8 Å². The van der Waals surface area contributed by atoms with Gasteiger partial charge in [0.15, 0.2) is 0 Å². The van der Waals surface area contributed by atoms with Gasteiger partial charge in [0.25, 0.3) is 0 Å². The fourth-order valence-corrected chi connectivity index (χ4v) is 16.2. The molecule has 2 heteroatoms. The Morgan fingerprint density at radius 3 is 1.27 bits per heavy atom. The molecule has 0 heterocycles. The first-order chi connectivity index (χ1) is 30.2. The molecule has 63 heavy (non-hydrogen) atoms. The minimum atomic E-state index is -2.05. The molecule has 0 bridgehead atoms. The first-order valence-electron chi connectivity index (χ1n) is 23.2. The van der Waals surface area contributed by atoms with Crippen LogP contribution >= 0.6 is 0 Å². The van der Waals surface area contributed by atoms with Gasteiger partial charge in [0.05, 0.1) is 0 Å². The molecular weight excluding hydrogens is 789 g/mol. The molecule has 8 rings (SSSR count). The first-order valence-corrected chi connectivity index (χ1v) is 28.3. The van der Waals surface area contributed by atoms with Gasteiger partial charge in [-0.05, 0) is 102 Å². The molecule has 0 aromatic heterocycles. The van der Waals surface area contributed by atoms with Crippen molar-refractivity contribution in [3.05, 3.63) is 226 Å². The monoisotopic (exact) mass is 856 g/mol. The van der Waals surface area contributed by atoms with E-state index in [4.69, 9.17) is 0 Å². The Hall–Kier alpha value is -5.55. The molecule has 0 atom stereocenters. The van der Waals surface area contributed by atoms with E-state index in [0.29, 0.717) is 11.8 Å². The van der Waals surface area contributed by atoms with Crippen LogP contribution in [0.1, 0.15) is 85.0 Å². The van der Waals surface area contributed by atoms with Gasteiger partial charge in [0.2, 0.25) is 0 Å². The molecule has 0 spiro atoms. The maximum Gasteiger partial charge on any atom is 0.138 e. The van der Waals surface area contributed by atoms with Gasteiger partial charge in [-0.25, -0.2) is 0 Å². The van der Waals surface area contributed by atoms with Crippen LogP contribution in [-0.2, 0) is 5.41 Å². The van der Waals surface area contributed by atoms with E-state index in [1.165, 1.54) is 83.7 Å². The van der Waals surface area contributed by atoms with Crippen molar-refractivity contribution in [2.45, 2.75) is 86.7 Å². The lowest BCUT2D eigenvalue weighted by Gasteiger charge is -2.36. The van der Waals surface area contributed by atoms with Gasteiger partial charge in [0.1, 0.15) is 16.1 Å². The lowest BCUT2D eigenvalue weighted by atomic mass is 9.67. The number of fused-ring (bicyclic) bond motifs is 3. The zero-order valence-electron chi connectivity index (χ0n) is 39.5. The van der Waals surface area contributed by atoms with E-state index in [1.807, 2.05) is 0 Å². The summed E-state index contributed by atoms with van der Waals surface area (Å²) in [4.78, 5) is 0. The number of aryl methyl sites for hydroxylation is 4. The van der Waals surface area contributed by atoms with E-state index in [2.05, 4.69) is 262 Å². The Morgan fingerprint density at radius 1 is 0.429 bits per heavy atom. The third kappa shape index (κ3) is 9.84. The van der Waals surface area contributed by atoms with Gasteiger partial charge in [-0.15, -0.1) is 0 Å². The van der Waals surface area contributed by atoms with Crippen LogP contribution in [0.25, 0.3) is 23.3 Å². The molecule has 0 saturated carbocycles. The van der Waals surface area contributed by atoms with Crippen molar-refractivity contribution in [1.29, 1.82) is 0 Å². The minimum Gasteiger partial charge on any atom is -0.0855 e. The number of hydrogen-bond acceptors (Lipinski definition) is 0. The lowest BCUT2D eigenvalue weighted by Crippen LogP contribution is -2.54. The summed E-state index contributed by atoms with van der Waals surface area (Å²) < 4.78 is 0. The second-order valence-corrected chi connectivity index (χ2v) is 27.2. The molecule has 0 amide bonds. The van der Waals surface area contributed by atoms with Crippen molar-refractivity contribution in [2.75, 3.05) is 0 Å². The van der Waals surface area contributed by atoms with Gasteiger partial charge < -0.3 is 0 Å². The van der Waals surface area contributed by atoms with Crippen LogP contribution < -0.4 is 20.7 Å². The summed E-state index contributed by atoms with van der Waals surface area (Å²) in [6.07, 6.45) is 7.12. The van der Waals surface area contributed by atoms with E-state index in [-0.39, 0.29) is 5.41 Å². The third-order valence-electron chi connectivity index (χ3n) is 13.6. The van der Waals surface area contributed by atoms with E-state index >= 15 is 0 Å². The van der Waals surface area contributed by atoms with Crippen molar-refractivity contribution >= 4 is 49.0 Å². The van der Waals surface area contributed by atoms with E-state index < -0.39 is 16.1 Å². The Bertz CT molecular complexity index is 2580. The second-order valence-electron chi connectivity index (χ2n) is 19.5. The zero-order valence-corrected chi connectivity index (χ0v) is 41.5. The molecule has 0 aliphatic heterocycles. The normalized spacial score (nSPS) is 13.3. The van der Waals surface area contributed by atoms with E-state index in [1.54, 1.807) is 5.56 Å². The lowest BCUT2D eigenvalue weighted by molar-refractivity contribution is 0.337. The molecule has 7 aromatic carbocycles. The van der Waals surface area contributed by atoms with Crippen LogP contribution in [0, 0.1) is 39.5 Å². The van der Waals surface area contributed by atoms with E-state index in [9.17, 15) is 0 Å². The van der Waals surface area contributed by atoms with Gasteiger partial charge in [-0.2, -0.15) is 0 Å². The molecule has 0 unspecified atom stereocenters. The zero-order chi connectivity index (χ0) is 44.8. The topological polar surface area (TPSA) is 0 Å². The highest BCUT2D eigenvalue weighted by Gasteiger charge is 2.44. The standard InChI is InChI=1S/C37H42Si.C24H26Si/c1-27(2)25-37(26-28(3)4)35-23-29(5)17-19-33(35)34-20-18-30(24-36(34)37)21-22-38(6,31-13-9-7-10-14-31)32-15-11-8-12-16-32;1-19-17-21(3)22(18-20(19)2)15-16-25(4,23-11-7-5-8-12-23)24-13-9-6-10-14-24/h7-24,27-28H,25-26H2,1-6H3;5-18H,1-4H3. The first kappa shape index (κ1) is 45.5. The number of rotatable bonds is 12. The SMILES string of the molecule is Cc1cc(C)c(C=C[Si](C)(c2ccccc2)c2ccccc2)cc1C.Cc1ccc2c(c1)C(CC(C)C)(CC(C)C)c1cc(C=C[Si](C)(c3ccccc3)c3ccccc3)ccc1-2. The van der Waals surface area contributed by atoms with Gasteiger partial charge >= 0.3 is 0 Å². The highest BCUT2D eigenvalue weighted by molar-refractivity contribution is 7.06. The summed E-state index contributed by atoms with van der Waals surface area (Å²) in [6.45, 7) is 23.3. The van der Waals surface area contributed by atoms with Crippen LogP contribution in [0.15, 0.2) is 181 Å². The van der Waals surface area contributed by atoms with E-state index in [0.717, 1.165) is 0 Å². The predicted octanol–water partition coefficient (Wildman–Crippen LogP) is 13.9. The predicted molar refractivity (Wildman–Crippen MR) is 283 cm³/mol. The Labute approximate surface area is 382 Å². The smallest absolute Gasteiger partial charge is 0.0855 e. The third-order valence-corrected chi connectivity index (χ3v) is 21.4. The summed E-state index contributed by atoms with van der Waals surface area (Å²) in [5.41, 5.74) is 19.1. The van der Waals surface area contributed by atoms with Crippen LogP contribution in [0.3, 0.4) is 0 Å². The Kier molecular flexibility index (Phi) is 14.0. The molecule has 1 aliphatic carbocycles. The fraction of sp³-hybridized carbons (Fsp3) is 0.246. The van der Waals surface area contributed by atoms with Crippen LogP contribution in [0.4, 0.5) is 0 Å². The summed E-state index contributed by atoms with van der Waals surface area (Å²) >= 11 is 0. The molecule has 320 valence electrons. The second kappa shape index (κ2) is 19.5. The molecule has 7 aromatic rings. The average Bonchev–Trinajstić information content (AvgIpc) is 3.53. The van der Waals surface area contributed by atoms with Gasteiger partial charge in [0, 0.05) is 5.41 Å². The largest absolute Gasteiger partial charge is 0.138 e. The molecule has 1 aliphatic rings. The van der Waals surface area contributed by atoms with Gasteiger partial charge in [-0.1, -0.05) is 261 Å². The van der Waals surface area contributed by atoms with Crippen LogP contribution in [0.5, 0.6) is 0 Å². The number of benzene rings is 7.